The molecule has 2 aromatic rings. The zero-order valence-corrected chi connectivity index (χ0v) is 11.5. The summed E-state index contributed by atoms with van der Waals surface area (Å²) in [6.07, 6.45) is 1.82. The molecule has 0 saturated carbocycles. The molecule has 0 saturated heterocycles. The number of carbonyl (C=O) groups excluding carboxylic acids is 1. The highest BCUT2D eigenvalue weighted by Gasteiger charge is 2.16. The molecule has 112 valence electrons. The van der Waals surface area contributed by atoms with Gasteiger partial charge in [0, 0.05) is 24.1 Å². The molecule has 7 nitrogen and oxygen atoms in total. The fourth-order valence-electron chi connectivity index (χ4n) is 2.36. The number of ketones is 1. The molecule has 0 bridgehead atoms. The minimum Gasteiger partial charge on any atom is -0.493 e. The molecule has 0 amide bonds. The number of aromatic nitrogens is 1. The van der Waals surface area contributed by atoms with Gasteiger partial charge in [-0.1, -0.05) is 0 Å². The lowest BCUT2D eigenvalue weighted by Gasteiger charge is -2.06. The van der Waals surface area contributed by atoms with Gasteiger partial charge in [-0.3, -0.25) is 19.7 Å². The summed E-state index contributed by atoms with van der Waals surface area (Å²) in [6, 6.07) is 7.31. The highest BCUT2D eigenvalue weighted by Crippen LogP contribution is 2.26. The Bertz CT molecular complexity index is 825. The van der Waals surface area contributed by atoms with Crippen LogP contribution in [-0.4, -0.2) is 21.9 Å². The Hall–Kier alpha value is -2.96. The van der Waals surface area contributed by atoms with Gasteiger partial charge in [0.25, 0.3) is 11.2 Å². The summed E-state index contributed by atoms with van der Waals surface area (Å²) in [5.41, 5.74) is 0.734. The van der Waals surface area contributed by atoms with Gasteiger partial charge in [-0.25, -0.2) is 0 Å². The van der Waals surface area contributed by atoms with E-state index in [0.29, 0.717) is 12.2 Å². The Morgan fingerprint density at radius 2 is 2.14 bits per heavy atom. The van der Waals surface area contributed by atoms with Crippen LogP contribution in [0.3, 0.4) is 0 Å². The first-order valence-corrected chi connectivity index (χ1v) is 6.68. The molecule has 1 aliphatic rings. The molecule has 1 aromatic heterocycles. The highest BCUT2D eigenvalue weighted by molar-refractivity contribution is 5.96. The summed E-state index contributed by atoms with van der Waals surface area (Å²) in [7, 11) is 0. The van der Waals surface area contributed by atoms with Crippen molar-refractivity contribution in [2.75, 3.05) is 6.61 Å². The third-order valence-corrected chi connectivity index (χ3v) is 3.50. The number of rotatable bonds is 4. The molecular formula is C15H12N2O5. The molecule has 22 heavy (non-hydrogen) atoms. The van der Waals surface area contributed by atoms with Crippen LogP contribution in [0.4, 0.5) is 5.69 Å². The van der Waals surface area contributed by atoms with Gasteiger partial charge >= 0.3 is 0 Å². The zero-order chi connectivity index (χ0) is 15.7. The Kier molecular flexibility index (Phi) is 3.46. The van der Waals surface area contributed by atoms with Gasteiger partial charge < -0.3 is 9.30 Å². The van der Waals surface area contributed by atoms with E-state index in [4.69, 9.17) is 4.74 Å². The van der Waals surface area contributed by atoms with Gasteiger partial charge in [0.05, 0.1) is 24.3 Å². The van der Waals surface area contributed by atoms with Gasteiger partial charge in [-0.15, -0.1) is 0 Å². The van der Waals surface area contributed by atoms with Crippen LogP contribution in [0.2, 0.25) is 0 Å². The summed E-state index contributed by atoms with van der Waals surface area (Å²) < 4.78 is 6.42. The maximum Gasteiger partial charge on any atom is 0.285 e. The molecule has 0 aliphatic carbocycles. The fraction of sp³-hybridized carbons (Fsp3) is 0.200. The van der Waals surface area contributed by atoms with Crippen LogP contribution >= 0.6 is 0 Å². The first-order valence-electron chi connectivity index (χ1n) is 6.68. The molecule has 0 fully saturated rings. The van der Waals surface area contributed by atoms with E-state index in [1.807, 2.05) is 0 Å². The van der Waals surface area contributed by atoms with Crippen LogP contribution in [0.25, 0.3) is 0 Å². The second kappa shape index (κ2) is 5.44. The molecule has 7 heteroatoms. The van der Waals surface area contributed by atoms with E-state index >= 15 is 0 Å². The number of nitro groups is 1. The number of pyridine rings is 1. The fourth-order valence-corrected chi connectivity index (χ4v) is 2.36. The molecule has 1 aliphatic heterocycles. The summed E-state index contributed by atoms with van der Waals surface area (Å²) in [6.45, 7) is 0.359. The lowest BCUT2D eigenvalue weighted by molar-refractivity contribution is -0.385. The third-order valence-electron chi connectivity index (χ3n) is 3.50. The van der Waals surface area contributed by atoms with E-state index in [-0.39, 0.29) is 18.0 Å². The quantitative estimate of drug-likeness (QED) is 0.485. The highest BCUT2D eigenvalue weighted by atomic mass is 16.6. The molecular weight excluding hydrogens is 288 g/mol. The van der Waals surface area contributed by atoms with Crippen LogP contribution < -0.4 is 10.3 Å². The Morgan fingerprint density at radius 3 is 2.91 bits per heavy atom. The van der Waals surface area contributed by atoms with E-state index in [2.05, 4.69) is 0 Å². The number of hydrogen-bond donors (Lipinski definition) is 0. The van der Waals surface area contributed by atoms with E-state index in [1.165, 1.54) is 0 Å². The van der Waals surface area contributed by atoms with Crippen molar-refractivity contribution in [1.82, 2.24) is 4.57 Å². The van der Waals surface area contributed by atoms with Crippen LogP contribution in [0.15, 0.2) is 41.3 Å². The SMILES string of the molecule is O=C(Cn1cc([N+](=O)[O-])ccc1=O)c1ccc2c(c1)CCO2. The molecule has 0 unspecified atom stereocenters. The number of nitrogens with zero attached hydrogens (tertiary/aromatic N) is 2. The van der Waals surface area contributed by atoms with E-state index in [1.54, 1.807) is 18.2 Å². The van der Waals surface area contributed by atoms with Gasteiger partial charge in [-0.05, 0) is 23.8 Å². The van der Waals surface area contributed by atoms with Crippen LogP contribution in [0.5, 0.6) is 5.75 Å². The maximum absolute atomic E-state index is 12.3. The molecule has 0 N–H and O–H groups in total. The van der Waals surface area contributed by atoms with Crippen LogP contribution in [0, 0.1) is 10.1 Å². The molecule has 2 heterocycles. The minimum absolute atomic E-state index is 0.227. The standard InChI is InChI=1S/C15H12N2O5/c18-13(10-1-3-14-11(7-10)5-6-22-14)9-16-8-12(17(20)21)2-4-15(16)19/h1-4,7-8H,5-6,9H2. The van der Waals surface area contributed by atoms with Crippen molar-refractivity contribution in [2.24, 2.45) is 0 Å². The number of hydrogen-bond acceptors (Lipinski definition) is 5. The number of fused-ring (bicyclic) bond motifs is 1. The zero-order valence-electron chi connectivity index (χ0n) is 11.5. The van der Waals surface area contributed by atoms with Gasteiger partial charge in [-0.2, -0.15) is 0 Å². The van der Waals surface area contributed by atoms with Crippen molar-refractivity contribution >= 4 is 11.5 Å². The van der Waals surface area contributed by atoms with Crippen molar-refractivity contribution in [2.45, 2.75) is 13.0 Å². The molecule has 3 rings (SSSR count). The van der Waals surface area contributed by atoms with E-state index in [0.717, 1.165) is 40.6 Å². The van der Waals surface area contributed by atoms with Crippen molar-refractivity contribution in [1.29, 1.82) is 0 Å². The molecule has 0 radical (unpaired) electrons. The Morgan fingerprint density at radius 1 is 1.32 bits per heavy atom. The van der Waals surface area contributed by atoms with Crippen LogP contribution in [0.1, 0.15) is 15.9 Å². The van der Waals surface area contributed by atoms with Gasteiger partial charge in [0.15, 0.2) is 5.78 Å². The largest absolute Gasteiger partial charge is 0.493 e. The summed E-state index contributed by atoms with van der Waals surface area (Å²) in [4.78, 5) is 34.1. The molecule has 0 atom stereocenters. The lowest BCUT2D eigenvalue weighted by atomic mass is 10.1. The average Bonchev–Trinajstić information content (AvgIpc) is 2.96. The smallest absolute Gasteiger partial charge is 0.285 e. The Labute approximate surface area is 124 Å². The van der Waals surface area contributed by atoms with Gasteiger partial charge in [0.1, 0.15) is 5.75 Å². The second-order valence-electron chi connectivity index (χ2n) is 4.95. The van der Waals surface area contributed by atoms with Crippen molar-refractivity contribution in [3.05, 3.63) is 68.1 Å². The summed E-state index contributed by atoms with van der Waals surface area (Å²) >= 11 is 0. The van der Waals surface area contributed by atoms with E-state index in [9.17, 15) is 19.7 Å². The second-order valence-corrected chi connectivity index (χ2v) is 4.95. The van der Waals surface area contributed by atoms with Crippen molar-refractivity contribution in [3.63, 3.8) is 0 Å². The monoisotopic (exact) mass is 300 g/mol. The van der Waals surface area contributed by atoms with Crippen molar-refractivity contribution < 1.29 is 14.5 Å². The third kappa shape index (κ3) is 2.60. The lowest BCUT2D eigenvalue weighted by Crippen LogP contribution is -2.23. The number of ether oxygens (including phenoxy) is 1. The Balaban J connectivity index is 1.87. The predicted molar refractivity (Wildman–Crippen MR) is 77.3 cm³/mol. The maximum atomic E-state index is 12.3. The summed E-state index contributed by atoms with van der Waals surface area (Å²) in [5.74, 6) is 0.487. The van der Waals surface area contributed by atoms with Crippen LogP contribution in [-0.2, 0) is 13.0 Å². The number of benzene rings is 1. The first kappa shape index (κ1) is 14.0. The molecule has 1 aromatic carbocycles. The number of Topliss-reactive ketones (excluding diaryl/α,β-unsaturated/α-hetero) is 1. The van der Waals surface area contributed by atoms with E-state index < -0.39 is 10.5 Å². The average molecular weight is 300 g/mol. The minimum atomic E-state index is -0.604. The molecule has 0 spiro atoms. The van der Waals surface area contributed by atoms with Crippen molar-refractivity contribution in [3.8, 4) is 5.75 Å². The summed E-state index contributed by atoms with van der Waals surface area (Å²) in [5, 5.41) is 10.7. The topological polar surface area (TPSA) is 91.4 Å². The number of carbonyl (C=O) groups is 1. The van der Waals surface area contributed by atoms with Gasteiger partial charge in [0.2, 0.25) is 0 Å². The normalized spacial score (nSPS) is 12.5. The predicted octanol–water partition coefficient (Wildman–Crippen LogP) is 1.57. The first-order chi connectivity index (χ1) is 10.5.